The summed E-state index contributed by atoms with van der Waals surface area (Å²) in [6.07, 6.45) is 4.39. The Morgan fingerprint density at radius 3 is 2.50 bits per heavy atom. The lowest BCUT2D eigenvalue weighted by atomic mass is 10.1. The average molecular weight is 451 g/mol. The van der Waals surface area contributed by atoms with E-state index in [1.165, 1.54) is 7.05 Å². The predicted molar refractivity (Wildman–Crippen MR) is 122 cm³/mol. The molecule has 0 aliphatic carbocycles. The van der Waals surface area contributed by atoms with E-state index in [1.807, 2.05) is 30.5 Å². The Kier molecular flexibility index (Phi) is 9.68. The summed E-state index contributed by atoms with van der Waals surface area (Å²) in [5.41, 5.74) is 1.11. The number of nitrogens with zero attached hydrogens (tertiary/aromatic N) is 1. The molecule has 30 heavy (non-hydrogen) atoms. The van der Waals surface area contributed by atoms with Gasteiger partial charge in [0.05, 0.1) is 18.0 Å². The summed E-state index contributed by atoms with van der Waals surface area (Å²) < 4.78 is 32.1. The minimum Gasteiger partial charge on any atom is -0.493 e. The van der Waals surface area contributed by atoms with Crippen LogP contribution in [0.5, 0.6) is 5.75 Å². The molecule has 0 aliphatic rings. The maximum atomic E-state index is 12.6. The van der Waals surface area contributed by atoms with E-state index in [4.69, 9.17) is 4.74 Å². The van der Waals surface area contributed by atoms with Gasteiger partial charge >= 0.3 is 0 Å². The molecule has 2 rings (SSSR count). The van der Waals surface area contributed by atoms with Gasteiger partial charge in [-0.15, -0.1) is 11.8 Å². The first-order valence-corrected chi connectivity index (χ1v) is 12.6. The van der Waals surface area contributed by atoms with E-state index in [-0.39, 0.29) is 17.3 Å². The molecular formula is C22H30N2O4S2. The van der Waals surface area contributed by atoms with Crippen LogP contribution in [-0.4, -0.2) is 51.6 Å². The lowest BCUT2D eigenvalue weighted by Crippen LogP contribution is -2.38. The van der Waals surface area contributed by atoms with Gasteiger partial charge < -0.3 is 10.1 Å². The molecular weight excluding hydrogens is 420 g/mol. The molecule has 0 aromatic heterocycles. The molecule has 1 amide bonds. The number of hydrogen-bond acceptors (Lipinski definition) is 5. The van der Waals surface area contributed by atoms with E-state index in [9.17, 15) is 13.2 Å². The SMILES string of the molecule is CCCOc1ccccc1CCCNC(=O)CN(C)S(=O)(=O)c1ccc(SC)cc1. The third-order valence-electron chi connectivity index (χ3n) is 4.51. The third kappa shape index (κ3) is 7.04. The van der Waals surface area contributed by atoms with Crippen LogP contribution in [0.2, 0.25) is 0 Å². The number of thioether (sulfide) groups is 1. The van der Waals surface area contributed by atoms with E-state index >= 15 is 0 Å². The molecule has 0 bridgehead atoms. The normalized spacial score (nSPS) is 11.5. The first-order chi connectivity index (χ1) is 14.4. The standard InChI is InChI=1S/C22H30N2O4S2/c1-4-16-28-21-10-6-5-8-18(21)9-7-15-23-22(25)17-24(2)30(26,27)20-13-11-19(29-3)12-14-20/h5-6,8,10-14H,4,7,9,15-17H2,1-3H3,(H,23,25). The highest BCUT2D eigenvalue weighted by molar-refractivity contribution is 7.98. The fraction of sp³-hybridized carbons (Fsp3) is 0.409. The van der Waals surface area contributed by atoms with Crippen molar-refractivity contribution in [2.75, 3.05) is 33.0 Å². The van der Waals surface area contributed by atoms with Crippen LogP contribution in [0.25, 0.3) is 0 Å². The Balaban J connectivity index is 1.81. The molecule has 0 fully saturated rings. The van der Waals surface area contributed by atoms with Gasteiger partial charge in [-0.3, -0.25) is 4.79 Å². The van der Waals surface area contributed by atoms with E-state index in [0.717, 1.165) is 39.8 Å². The molecule has 0 saturated carbocycles. The van der Waals surface area contributed by atoms with Crippen molar-refractivity contribution in [3.05, 3.63) is 54.1 Å². The molecule has 0 radical (unpaired) electrons. The van der Waals surface area contributed by atoms with Crippen LogP contribution in [0.4, 0.5) is 0 Å². The van der Waals surface area contributed by atoms with Crippen molar-refractivity contribution in [2.24, 2.45) is 0 Å². The summed E-state index contributed by atoms with van der Waals surface area (Å²) in [5.74, 6) is 0.557. The number of aryl methyl sites for hydroxylation is 1. The van der Waals surface area contributed by atoms with E-state index in [1.54, 1.807) is 36.0 Å². The molecule has 2 aromatic carbocycles. The molecule has 0 spiro atoms. The highest BCUT2D eigenvalue weighted by Gasteiger charge is 2.22. The molecule has 2 aromatic rings. The smallest absolute Gasteiger partial charge is 0.243 e. The topological polar surface area (TPSA) is 75.7 Å². The largest absolute Gasteiger partial charge is 0.493 e. The summed E-state index contributed by atoms with van der Waals surface area (Å²) in [5, 5.41) is 2.80. The second-order valence-electron chi connectivity index (χ2n) is 6.85. The number of rotatable bonds is 12. The number of carbonyl (C=O) groups excluding carboxylic acids is 1. The number of carbonyl (C=O) groups is 1. The predicted octanol–water partition coefficient (Wildman–Crippen LogP) is 3.57. The van der Waals surface area contributed by atoms with Crippen LogP contribution in [0.15, 0.2) is 58.3 Å². The summed E-state index contributed by atoms with van der Waals surface area (Å²) in [7, 11) is -2.29. The van der Waals surface area contributed by atoms with Crippen molar-refractivity contribution >= 4 is 27.7 Å². The number of para-hydroxylation sites is 1. The summed E-state index contributed by atoms with van der Waals surface area (Å²) >= 11 is 1.54. The number of ether oxygens (including phenoxy) is 1. The Morgan fingerprint density at radius 1 is 1.13 bits per heavy atom. The lowest BCUT2D eigenvalue weighted by molar-refractivity contribution is -0.121. The van der Waals surface area contributed by atoms with Gasteiger partial charge in [0, 0.05) is 18.5 Å². The first-order valence-electron chi connectivity index (χ1n) is 9.96. The van der Waals surface area contributed by atoms with Crippen LogP contribution in [0.1, 0.15) is 25.3 Å². The zero-order valence-electron chi connectivity index (χ0n) is 17.8. The Hall–Kier alpha value is -2.03. The Labute approximate surface area is 184 Å². The van der Waals surface area contributed by atoms with Gasteiger partial charge in [-0.25, -0.2) is 8.42 Å². The fourth-order valence-electron chi connectivity index (χ4n) is 2.84. The Bertz CT molecular complexity index is 915. The van der Waals surface area contributed by atoms with E-state index < -0.39 is 10.0 Å². The monoisotopic (exact) mass is 450 g/mol. The van der Waals surface area contributed by atoms with Crippen LogP contribution in [0.3, 0.4) is 0 Å². The summed E-state index contributed by atoms with van der Waals surface area (Å²) in [4.78, 5) is 13.4. The molecule has 8 heteroatoms. The van der Waals surface area contributed by atoms with Crippen LogP contribution < -0.4 is 10.1 Å². The van der Waals surface area contributed by atoms with Crippen molar-refractivity contribution in [2.45, 2.75) is 36.0 Å². The molecule has 6 nitrogen and oxygen atoms in total. The second kappa shape index (κ2) is 12.0. The lowest BCUT2D eigenvalue weighted by Gasteiger charge is -2.17. The van der Waals surface area contributed by atoms with Crippen molar-refractivity contribution in [1.29, 1.82) is 0 Å². The Morgan fingerprint density at radius 2 is 1.83 bits per heavy atom. The highest BCUT2D eigenvalue weighted by atomic mass is 32.2. The van der Waals surface area contributed by atoms with Crippen molar-refractivity contribution in [3.63, 3.8) is 0 Å². The number of benzene rings is 2. The maximum Gasteiger partial charge on any atom is 0.243 e. The second-order valence-corrected chi connectivity index (χ2v) is 9.77. The number of likely N-dealkylation sites (N-methyl/N-ethyl adjacent to an activating group) is 1. The average Bonchev–Trinajstić information content (AvgIpc) is 2.75. The van der Waals surface area contributed by atoms with Crippen molar-refractivity contribution in [3.8, 4) is 5.75 Å². The number of sulfonamides is 1. The van der Waals surface area contributed by atoms with Crippen LogP contribution in [-0.2, 0) is 21.2 Å². The van der Waals surface area contributed by atoms with Gasteiger partial charge in [0.1, 0.15) is 5.75 Å². The quantitative estimate of drug-likeness (QED) is 0.395. The first kappa shape index (κ1) is 24.2. The molecule has 0 saturated heterocycles. The van der Waals surface area contributed by atoms with E-state index in [2.05, 4.69) is 12.2 Å². The maximum absolute atomic E-state index is 12.6. The molecule has 0 unspecified atom stereocenters. The fourth-order valence-corrected chi connectivity index (χ4v) is 4.38. The molecule has 0 heterocycles. The van der Waals surface area contributed by atoms with Crippen LogP contribution in [0, 0.1) is 0 Å². The highest BCUT2D eigenvalue weighted by Crippen LogP contribution is 2.20. The number of hydrogen-bond donors (Lipinski definition) is 1. The third-order valence-corrected chi connectivity index (χ3v) is 7.07. The zero-order chi connectivity index (χ0) is 22.0. The zero-order valence-corrected chi connectivity index (χ0v) is 19.4. The summed E-state index contributed by atoms with van der Waals surface area (Å²) in [6, 6.07) is 14.5. The number of nitrogens with one attached hydrogen (secondary N) is 1. The minimum atomic E-state index is -3.70. The molecule has 1 N–H and O–H groups in total. The number of amides is 1. The van der Waals surface area contributed by atoms with Crippen LogP contribution >= 0.6 is 11.8 Å². The minimum absolute atomic E-state index is 0.180. The van der Waals surface area contributed by atoms with Gasteiger partial charge in [-0.1, -0.05) is 25.1 Å². The molecule has 0 atom stereocenters. The van der Waals surface area contributed by atoms with Gasteiger partial charge in [0.2, 0.25) is 15.9 Å². The molecule has 0 aliphatic heterocycles. The van der Waals surface area contributed by atoms with Gasteiger partial charge in [-0.2, -0.15) is 4.31 Å². The van der Waals surface area contributed by atoms with Crippen molar-refractivity contribution in [1.82, 2.24) is 9.62 Å². The van der Waals surface area contributed by atoms with Gasteiger partial charge in [0.15, 0.2) is 0 Å². The van der Waals surface area contributed by atoms with Crippen molar-refractivity contribution < 1.29 is 17.9 Å². The van der Waals surface area contributed by atoms with Gasteiger partial charge in [-0.05, 0) is 61.4 Å². The molecule has 164 valence electrons. The van der Waals surface area contributed by atoms with Gasteiger partial charge in [0.25, 0.3) is 0 Å². The summed E-state index contributed by atoms with van der Waals surface area (Å²) in [6.45, 7) is 2.99. The van der Waals surface area contributed by atoms with E-state index in [0.29, 0.717) is 13.2 Å².